The van der Waals surface area contributed by atoms with E-state index in [9.17, 15) is 10.2 Å². The van der Waals surface area contributed by atoms with Gasteiger partial charge in [0.05, 0.1) is 13.2 Å². The van der Waals surface area contributed by atoms with Crippen molar-refractivity contribution in [2.45, 2.75) is 12.5 Å². The smallest absolute Gasteiger partial charge is 0.119 e. The second kappa shape index (κ2) is 7.51. The van der Waals surface area contributed by atoms with E-state index in [0.717, 1.165) is 36.4 Å². The van der Waals surface area contributed by atoms with Crippen LogP contribution in [0.1, 0.15) is 23.7 Å². The molecule has 2 aromatic carbocycles. The summed E-state index contributed by atoms with van der Waals surface area (Å²) in [4.78, 5) is 2.24. The lowest BCUT2D eigenvalue weighted by molar-refractivity contribution is 0.119. The highest BCUT2D eigenvalue weighted by molar-refractivity contribution is 5.67. The number of hydrogen-bond acceptors (Lipinski definition) is 4. The minimum atomic E-state index is -0.524. The molecule has 0 amide bonds. The maximum Gasteiger partial charge on any atom is 0.119 e. The van der Waals surface area contributed by atoms with Crippen molar-refractivity contribution >= 4 is 5.57 Å². The van der Waals surface area contributed by atoms with Crippen LogP contribution < -0.4 is 4.74 Å². The van der Waals surface area contributed by atoms with Crippen molar-refractivity contribution in [3.63, 3.8) is 0 Å². The van der Waals surface area contributed by atoms with Gasteiger partial charge in [-0.25, -0.2) is 0 Å². The summed E-state index contributed by atoms with van der Waals surface area (Å²) >= 11 is 0. The lowest BCUT2D eigenvalue weighted by atomic mass is 9.99. The van der Waals surface area contributed by atoms with Gasteiger partial charge in [-0.3, -0.25) is 4.90 Å². The minimum Gasteiger partial charge on any atom is -0.508 e. The number of β-amino-alcohol motifs (C(OH)–C–C–N with tert-alkyl or cyclic N) is 1. The molecule has 3 rings (SSSR count). The maximum absolute atomic E-state index is 10.5. The van der Waals surface area contributed by atoms with Gasteiger partial charge in [0.25, 0.3) is 0 Å². The lowest BCUT2D eigenvalue weighted by Gasteiger charge is -2.28. The predicted molar refractivity (Wildman–Crippen MR) is 95.1 cm³/mol. The van der Waals surface area contributed by atoms with E-state index in [4.69, 9.17) is 4.74 Å². The molecule has 1 atom stereocenters. The zero-order chi connectivity index (χ0) is 16.9. The van der Waals surface area contributed by atoms with Crippen molar-refractivity contribution < 1.29 is 14.9 Å². The standard InChI is InChI=1S/C20H23NO3/c1-24-19-4-2-3-17(13-19)20(23)14-21-11-9-16(10-12-21)15-5-7-18(22)8-6-15/h2-9,13,20,22-23H,10-12,14H2,1H3/t20-/m0/s1. The fourth-order valence-corrected chi connectivity index (χ4v) is 3.01. The van der Waals surface area contributed by atoms with Gasteiger partial charge < -0.3 is 14.9 Å². The number of nitrogens with zero attached hydrogens (tertiary/aromatic N) is 1. The van der Waals surface area contributed by atoms with E-state index >= 15 is 0 Å². The van der Waals surface area contributed by atoms with E-state index < -0.39 is 6.10 Å². The second-order valence-corrected chi connectivity index (χ2v) is 6.08. The van der Waals surface area contributed by atoms with Crippen molar-refractivity contribution in [1.82, 2.24) is 4.90 Å². The first-order valence-corrected chi connectivity index (χ1v) is 8.18. The summed E-state index contributed by atoms with van der Waals surface area (Å²) in [7, 11) is 1.63. The highest BCUT2D eigenvalue weighted by Crippen LogP contribution is 2.26. The molecule has 2 aromatic rings. The molecule has 0 fully saturated rings. The Labute approximate surface area is 142 Å². The molecule has 0 aliphatic carbocycles. The molecule has 0 spiro atoms. The zero-order valence-corrected chi connectivity index (χ0v) is 13.9. The summed E-state index contributed by atoms with van der Waals surface area (Å²) in [6, 6.07) is 14.9. The number of aromatic hydroxyl groups is 1. The summed E-state index contributed by atoms with van der Waals surface area (Å²) in [5.41, 5.74) is 3.32. The normalized spacial score (nSPS) is 16.5. The second-order valence-electron chi connectivity index (χ2n) is 6.08. The van der Waals surface area contributed by atoms with Crippen LogP contribution in [-0.4, -0.2) is 41.9 Å². The molecular weight excluding hydrogens is 302 g/mol. The molecule has 4 nitrogen and oxygen atoms in total. The van der Waals surface area contributed by atoms with Crippen molar-refractivity contribution in [3.05, 3.63) is 65.7 Å². The van der Waals surface area contributed by atoms with E-state index in [-0.39, 0.29) is 5.75 Å². The van der Waals surface area contributed by atoms with Crippen LogP contribution in [0.25, 0.3) is 5.57 Å². The van der Waals surface area contributed by atoms with Gasteiger partial charge in [-0.05, 0) is 47.4 Å². The highest BCUT2D eigenvalue weighted by Gasteiger charge is 2.17. The third-order valence-corrected chi connectivity index (χ3v) is 4.44. The third-order valence-electron chi connectivity index (χ3n) is 4.44. The fraction of sp³-hybridized carbons (Fsp3) is 0.300. The van der Waals surface area contributed by atoms with Crippen molar-refractivity contribution in [2.75, 3.05) is 26.7 Å². The molecular formula is C20H23NO3. The van der Waals surface area contributed by atoms with Crippen LogP contribution in [0.5, 0.6) is 11.5 Å². The lowest BCUT2D eigenvalue weighted by Crippen LogP contribution is -2.32. The van der Waals surface area contributed by atoms with Crippen LogP contribution >= 0.6 is 0 Å². The Hall–Kier alpha value is -2.30. The molecule has 0 aromatic heterocycles. The van der Waals surface area contributed by atoms with Gasteiger partial charge in [0, 0.05) is 19.6 Å². The molecule has 1 aliphatic heterocycles. The fourth-order valence-electron chi connectivity index (χ4n) is 3.01. The Bertz CT molecular complexity index is 709. The average Bonchev–Trinajstić information content (AvgIpc) is 2.63. The minimum absolute atomic E-state index is 0.290. The van der Waals surface area contributed by atoms with Gasteiger partial charge >= 0.3 is 0 Å². The number of methoxy groups -OCH3 is 1. The van der Waals surface area contributed by atoms with E-state index in [1.165, 1.54) is 5.57 Å². The van der Waals surface area contributed by atoms with Crippen LogP contribution in [0.4, 0.5) is 0 Å². The molecule has 0 bridgehead atoms. The van der Waals surface area contributed by atoms with Crippen LogP contribution in [0.2, 0.25) is 0 Å². The molecule has 2 N–H and O–H groups in total. The van der Waals surface area contributed by atoms with E-state index in [2.05, 4.69) is 11.0 Å². The van der Waals surface area contributed by atoms with E-state index in [0.29, 0.717) is 6.54 Å². The van der Waals surface area contributed by atoms with Gasteiger partial charge in [0.2, 0.25) is 0 Å². The largest absolute Gasteiger partial charge is 0.508 e. The van der Waals surface area contributed by atoms with Crippen molar-refractivity contribution in [1.29, 1.82) is 0 Å². The number of hydrogen-bond donors (Lipinski definition) is 2. The Kier molecular flexibility index (Phi) is 5.18. The molecule has 0 unspecified atom stereocenters. The van der Waals surface area contributed by atoms with Gasteiger partial charge in [-0.15, -0.1) is 0 Å². The van der Waals surface area contributed by atoms with Crippen molar-refractivity contribution in [3.8, 4) is 11.5 Å². The SMILES string of the molecule is COc1cccc([C@@H](O)CN2CC=C(c3ccc(O)cc3)CC2)c1. The Balaban J connectivity index is 1.60. The van der Waals surface area contributed by atoms with Gasteiger partial charge in [-0.2, -0.15) is 0 Å². The number of aliphatic hydroxyl groups excluding tert-OH is 1. The average molecular weight is 325 g/mol. The van der Waals surface area contributed by atoms with Crippen LogP contribution in [0.15, 0.2) is 54.6 Å². The molecule has 0 saturated carbocycles. The van der Waals surface area contributed by atoms with Gasteiger partial charge in [0.1, 0.15) is 11.5 Å². The maximum atomic E-state index is 10.5. The zero-order valence-electron chi connectivity index (χ0n) is 13.9. The number of phenolic OH excluding ortho intramolecular Hbond substituents is 1. The first-order chi connectivity index (χ1) is 11.7. The Morgan fingerprint density at radius 2 is 1.96 bits per heavy atom. The predicted octanol–water partition coefficient (Wildman–Crippen LogP) is 3.22. The summed E-state index contributed by atoms with van der Waals surface area (Å²) in [5.74, 6) is 1.05. The van der Waals surface area contributed by atoms with Crippen LogP contribution in [0.3, 0.4) is 0 Å². The Morgan fingerprint density at radius 1 is 1.17 bits per heavy atom. The molecule has 1 aliphatic rings. The molecule has 1 heterocycles. The molecule has 24 heavy (non-hydrogen) atoms. The monoisotopic (exact) mass is 325 g/mol. The summed E-state index contributed by atoms with van der Waals surface area (Å²) in [6.45, 7) is 2.33. The first kappa shape index (κ1) is 16.6. The summed E-state index contributed by atoms with van der Waals surface area (Å²) in [6.07, 6.45) is 2.62. The first-order valence-electron chi connectivity index (χ1n) is 8.18. The highest BCUT2D eigenvalue weighted by atomic mass is 16.5. The summed E-state index contributed by atoms with van der Waals surface area (Å²) < 4.78 is 5.21. The van der Waals surface area contributed by atoms with Crippen molar-refractivity contribution in [2.24, 2.45) is 0 Å². The molecule has 0 saturated heterocycles. The number of benzene rings is 2. The number of rotatable bonds is 5. The van der Waals surface area contributed by atoms with E-state index in [1.54, 1.807) is 19.2 Å². The molecule has 0 radical (unpaired) electrons. The Morgan fingerprint density at radius 3 is 2.62 bits per heavy atom. The third kappa shape index (κ3) is 3.96. The quantitative estimate of drug-likeness (QED) is 0.886. The van der Waals surface area contributed by atoms with Gasteiger partial charge in [-0.1, -0.05) is 30.3 Å². The molecule has 4 heteroatoms. The van der Waals surface area contributed by atoms with Gasteiger partial charge in [0.15, 0.2) is 0 Å². The number of ether oxygens (including phenoxy) is 1. The topological polar surface area (TPSA) is 52.9 Å². The number of phenols is 1. The van der Waals surface area contributed by atoms with Crippen LogP contribution in [-0.2, 0) is 0 Å². The molecule has 126 valence electrons. The number of aliphatic hydroxyl groups is 1. The van der Waals surface area contributed by atoms with E-state index in [1.807, 2.05) is 36.4 Å². The van der Waals surface area contributed by atoms with Crippen LogP contribution in [0, 0.1) is 0 Å². The summed E-state index contributed by atoms with van der Waals surface area (Å²) in [5, 5.41) is 19.8.